The van der Waals surface area contributed by atoms with Crippen molar-refractivity contribution >= 4 is 23.1 Å². The van der Waals surface area contributed by atoms with Crippen LogP contribution < -0.4 is 10.6 Å². The molecule has 0 bridgehead atoms. The molecule has 23 heavy (non-hydrogen) atoms. The van der Waals surface area contributed by atoms with Crippen LogP contribution in [0.15, 0.2) is 35.8 Å². The van der Waals surface area contributed by atoms with Crippen molar-refractivity contribution in [2.24, 2.45) is 0 Å². The number of aromatic nitrogens is 1. The summed E-state index contributed by atoms with van der Waals surface area (Å²) in [5.74, 6) is 0.698. The molecule has 2 N–H and O–H groups in total. The summed E-state index contributed by atoms with van der Waals surface area (Å²) in [5, 5.41) is 8.22. The van der Waals surface area contributed by atoms with Crippen molar-refractivity contribution in [1.29, 1.82) is 0 Å². The van der Waals surface area contributed by atoms with Gasteiger partial charge in [-0.1, -0.05) is 6.07 Å². The third-order valence-electron chi connectivity index (χ3n) is 4.16. The number of thiophene rings is 1. The summed E-state index contributed by atoms with van der Waals surface area (Å²) in [7, 11) is 1.80. The maximum atomic E-state index is 12.3. The first-order valence-electron chi connectivity index (χ1n) is 7.94. The minimum Gasteiger partial charge on any atom is -0.373 e. The average molecular weight is 330 g/mol. The molecule has 0 saturated carbocycles. The smallest absolute Gasteiger partial charge is 0.251 e. The molecule has 3 rings (SSSR count). The van der Waals surface area contributed by atoms with Crippen molar-refractivity contribution in [3.63, 3.8) is 0 Å². The van der Waals surface area contributed by atoms with E-state index in [0.29, 0.717) is 11.4 Å². The molecule has 1 aliphatic rings. The van der Waals surface area contributed by atoms with Gasteiger partial charge in [0.2, 0.25) is 0 Å². The molecule has 3 heterocycles. The lowest BCUT2D eigenvalue weighted by molar-refractivity contribution is 0.0909. The SMILES string of the molecule is CNc1cc(C(=O)NC2CCN(Cc3cccs3)CC2)ccn1. The van der Waals surface area contributed by atoms with Crippen molar-refractivity contribution in [3.05, 3.63) is 46.3 Å². The van der Waals surface area contributed by atoms with Crippen molar-refractivity contribution in [3.8, 4) is 0 Å². The third-order valence-corrected chi connectivity index (χ3v) is 5.02. The number of nitrogens with zero attached hydrogens (tertiary/aromatic N) is 2. The van der Waals surface area contributed by atoms with E-state index in [1.165, 1.54) is 4.88 Å². The zero-order chi connectivity index (χ0) is 16.1. The van der Waals surface area contributed by atoms with E-state index in [-0.39, 0.29) is 11.9 Å². The summed E-state index contributed by atoms with van der Waals surface area (Å²) >= 11 is 1.81. The second-order valence-electron chi connectivity index (χ2n) is 5.78. The molecule has 122 valence electrons. The van der Waals surface area contributed by atoms with Crippen LogP contribution in [0.4, 0.5) is 5.82 Å². The Morgan fingerprint density at radius 3 is 2.91 bits per heavy atom. The van der Waals surface area contributed by atoms with Crippen LogP contribution in [0.25, 0.3) is 0 Å². The molecule has 6 heteroatoms. The Kier molecular flexibility index (Phi) is 5.25. The van der Waals surface area contributed by atoms with Crippen LogP contribution in [-0.4, -0.2) is 42.0 Å². The third kappa shape index (κ3) is 4.30. The van der Waals surface area contributed by atoms with Crippen LogP contribution >= 0.6 is 11.3 Å². The van der Waals surface area contributed by atoms with Gasteiger partial charge >= 0.3 is 0 Å². The standard InChI is InChI=1S/C17H22N4OS/c1-18-16-11-13(4-7-19-16)17(22)20-14-5-8-21(9-6-14)12-15-3-2-10-23-15/h2-4,7,10-11,14H,5-6,8-9,12H2,1H3,(H,18,19)(H,20,22). The van der Waals surface area contributed by atoms with Gasteiger partial charge in [-0.3, -0.25) is 9.69 Å². The summed E-state index contributed by atoms with van der Waals surface area (Å²) in [6.07, 6.45) is 3.66. The van der Waals surface area contributed by atoms with Crippen LogP contribution in [0, 0.1) is 0 Å². The van der Waals surface area contributed by atoms with E-state index in [1.807, 2.05) is 0 Å². The second kappa shape index (κ2) is 7.57. The Hall–Kier alpha value is -1.92. The van der Waals surface area contributed by atoms with Gasteiger partial charge in [0.15, 0.2) is 0 Å². The molecule has 1 saturated heterocycles. The highest BCUT2D eigenvalue weighted by Gasteiger charge is 2.21. The van der Waals surface area contributed by atoms with E-state index in [2.05, 4.69) is 38.0 Å². The highest BCUT2D eigenvalue weighted by Crippen LogP contribution is 2.17. The minimum absolute atomic E-state index is 0.0133. The molecule has 0 unspecified atom stereocenters. The van der Waals surface area contributed by atoms with Crippen LogP contribution in [0.5, 0.6) is 0 Å². The first-order valence-corrected chi connectivity index (χ1v) is 8.82. The lowest BCUT2D eigenvalue weighted by Crippen LogP contribution is -2.44. The lowest BCUT2D eigenvalue weighted by Gasteiger charge is -2.32. The number of piperidine rings is 1. The molecule has 1 amide bonds. The van der Waals surface area contributed by atoms with Gasteiger partial charge in [-0.05, 0) is 36.4 Å². The van der Waals surface area contributed by atoms with Gasteiger partial charge in [-0.25, -0.2) is 4.98 Å². The predicted molar refractivity (Wildman–Crippen MR) is 93.9 cm³/mol. The van der Waals surface area contributed by atoms with E-state index in [9.17, 15) is 4.79 Å². The highest BCUT2D eigenvalue weighted by atomic mass is 32.1. The number of likely N-dealkylation sites (tertiary alicyclic amines) is 1. The summed E-state index contributed by atoms with van der Waals surface area (Å²) in [4.78, 5) is 20.3. The molecule has 0 aromatic carbocycles. The molecule has 0 atom stereocenters. The predicted octanol–water partition coefficient (Wildman–Crippen LogP) is 2.58. The van der Waals surface area contributed by atoms with Crippen molar-refractivity contribution in [2.75, 3.05) is 25.5 Å². The Bertz CT molecular complexity index is 636. The molecule has 1 aliphatic heterocycles. The quantitative estimate of drug-likeness (QED) is 0.885. The maximum Gasteiger partial charge on any atom is 0.251 e. The maximum absolute atomic E-state index is 12.3. The fraction of sp³-hybridized carbons (Fsp3) is 0.412. The van der Waals surface area contributed by atoms with Gasteiger partial charge in [0, 0.05) is 49.4 Å². The van der Waals surface area contributed by atoms with E-state index >= 15 is 0 Å². The molecular formula is C17H22N4OS. The van der Waals surface area contributed by atoms with E-state index in [0.717, 1.165) is 32.5 Å². The largest absolute Gasteiger partial charge is 0.373 e. The summed E-state index contributed by atoms with van der Waals surface area (Å²) in [5.41, 5.74) is 0.658. The zero-order valence-corrected chi connectivity index (χ0v) is 14.1. The number of carbonyl (C=O) groups is 1. The Morgan fingerprint density at radius 1 is 1.39 bits per heavy atom. The van der Waals surface area contributed by atoms with Crippen LogP contribution in [0.1, 0.15) is 28.1 Å². The van der Waals surface area contributed by atoms with Crippen LogP contribution in [0.3, 0.4) is 0 Å². The van der Waals surface area contributed by atoms with E-state index in [4.69, 9.17) is 0 Å². The summed E-state index contributed by atoms with van der Waals surface area (Å²) in [6, 6.07) is 8.07. The fourth-order valence-electron chi connectivity index (χ4n) is 2.84. The molecule has 0 spiro atoms. The summed E-state index contributed by atoms with van der Waals surface area (Å²) < 4.78 is 0. The van der Waals surface area contributed by atoms with Crippen molar-refractivity contribution in [1.82, 2.24) is 15.2 Å². The number of hydrogen-bond donors (Lipinski definition) is 2. The Balaban J connectivity index is 1.49. The van der Waals surface area contributed by atoms with Gasteiger partial charge in [-0.2, -0.15) is 0 Å². The Labute approximate surface area is 140 Å². The normalized spacial score (nSPS) is 16.2. The Morgan fingerprint density at radius 2 is 2.22 bits per heavy atom. The lowest BCUT2D eigenvalue weighted by atomic mass is 10.0. The molecule has 5 nitrogen and oxygen atoms in total. The topological polar surface area (TPSA) is 57.3 Å². The van der Waals surface area contributed by atoms with Gasteiger partial charge in [0.1, 0.15) is 5.82 Å². The van der Waals surface area contributed by atoms with Gasteiger partial charge in [0.25, 0.3) is 5.91 Å². The van der Waals surface area contributed by atoms with Crippen LogP contribution in [-0.2, 0) is 6.54 Å². The zero-order valence-electron chi connectivity index (χ0n) is 13.3. The average Bonchev–Trinajstić information content (AvgIpc) is 3.09. The number of pyridine rings is 1. The molecule has 2 aromatic heterocycles. The minimum atomic E-state index is -0.0133. The first kappa shape index (κ1) is 16.0. The molecule has 0 radical (unpaired) electrons. The molecule has 0 aliphatic carbocycles. The number of hydrogen-bond acceptors (Lipinski definition) is 5. The summed E-state index contributed by atoms with van der Waals surface area (Å²) in [6.45, 7) is 3.08. The number of amides is 1. The molecular weight excluding hydrogens is 308 g/mol. The highest BCUT2D eigenvalue weighted by molar-refractivity contribution is 7.09. The van der Waals surface area contributed by atoms with E-state index in [1.54, 1.807) is 36.7 Å². The number of carbonyl (C=O) groups excluding carboxylic acids is 1. The number of anilines is 1. The van der Waals surface area contributed by atoms with Gasteiger partial charge in [0.05, 0.1) is 0 Å². The monoisotopic (exact) mass is 330 g/mol. The van der Waals surface area contributed by atoms with Crippen molar-refractivity contribution < 1.29 is 4.79 Å². The van der Waals surface area contributed by atoms with E-state index < -0.39 is 0 Å². The molecule has 2 aromatic rings. The van der Waals surface area contributed by atoms with Gasteiger partial charge in [-0.15, -0.1) is 11.3 Å². The first-order chi connectivity index (χ1) is 11.2. The fourth-order valence-corrected chi connectivity index (χ4v) is 3.58. The molecule has 1 fully saturated rings. The number of nitrogens with one attached hydrogen (secondary N) is 2. The second-order valence-corrected chi connectivity index (χ2v) is 6.82. The van der Waals surface area contributed by atoms with Gasteiger partial charge < -0.3 is 10.6 Å². The number of rotatable bonds is 5. The van der Waals surface area contributed by atoms with Crippen molar-refractivity contribution in [2.45, 2.75) is 25.4 Å². The van der Waals surface area contributed by atoms with Crippen LogP contribution in [0.2, 0.25) is 0 Å².